The van der Waals surface area contributed by atoms with E-state index in [0.29, 0.717) is 12.6 Å². The predicted molar refractivity (Wildman–Crippen MR) is 71.1 cm³/mol. The molecule has 3 rings (SSSR count). The van der Waals surface area contributed by atoms with Crippen molar-refractivity contribution in [1.82, 2.24) is 9.80 Å². The summed E-state index contributed by atoms with van der Waals surface area (Å²) in [6.07, 6.45) is 4.50. The van der Waals surface area contributed by atoms with Crippen molar-refractivity contribution in [3.63, 3.8) is 0 Å². The molecule has 0 spiro atoms. The molecule has 2 aliphatic heterocycles. The minimum atomic E-state index is 0.565. The molecule has 4 heteroatoms. The van der Waals surface area contributed by atoms with E-state index in [1.54, 1.807) is 6.26 Å². The first-order valence-corrected chi connectivity index (χ1v) is 7.00. The number of rotatable bonds is 3. The standard InChI is InChI=1S/C14H23N3O/c1-11-7-16-4-2-3-13(16)8-17(11)9-14-5-12(6-15)10-18-14/h5,10-11,13H,2-4,6-9,15H2,1H3. The molecular weight excluding hydrogens is 226 g/mol. The lowest BCUT2D eigenvalue weighted by atomic mass is 10.1. The second-order valence-electron chi connectivity index (χ2n) is 5.69. The lowest BCUT2D eigenvalue weighted by molar-refractivity contribution is 0.0494. The molecule has 0 bridgehead atoms. The van der Waals surface area contributed by atoms with Gasteiger partial charge in [0.2, 0.25) is 0 Å². The lowest BCUT2D eigenvalue weighted by Crippen LogP contribution is -2.54. The average Bonchev–Trinajstić information content (AvgIpc) is 2.98. The average molecular weight is 249 g/mol. The molecule has 0 aromatic carbocycles. The normalized spacial score (nSPS) is 29.7. The van der Waals surface area contributed by atoms with Crippen LogP contribution in [0, 0.1) is 0 Å². The number of piperazine rings is 1. The number of nitrogens with two attached hydrogens (primary N) is 1. The van der Waals surface area contributed by atoms with Crippen LogP contribution >= 0.6 is 0 Å². The molecule has 100 valence electrons. The Hall–Kier alpha value is -0.840. The Balaban J connectivity index is 1.64. The third-order valence-corrected chi connectivity index (χ3v) is 4.37. The van der Waals surface area contributed by atoms with Gasteiger partial charge >= 0.3 is 0 Å². The van der Waals surface area contributed by atoms with Crippen LogP contribution in [-0.4, -0.2) is 41.5 Å². The quantitative estimate of drug-likeness (QED) is 0.879. The maximum absolute atomic E-state index is 5.61. The zero-order valence-corrected chi connectivity index (χ0v) is 11.1. The second kappa shape index (κ2) is 5.03. The molecule has 0 saturated carbocycles. The smallest absolute Gasteiger partial charge is 0.118 e. The SMILES string of the molecule is CC1CN2CCCC2CN1Cc1cc(CN)co1. The van der Waals surface area contributed by atoms with Crippen molar-refractivity contribution in [2.75, 3.05) is 19.6 Å². The van der Waals surface area contributed by atoms with E-state index < -0.39 is 0 Å². The van der Waals surface area contributed by atoms with Crippen molar-refractivity contribution < 1.29 is 4.42 Å². The van der Waals surface area contributed by atoms with Gasteiger partial charge in [0.25, 0.3) is 0 Å². The first-order chi connectivity index (χ1) is 8.76. The van der Waals surface area contributed by atoms with Crippen LogP contribution in [0.15, 0.2) is 16.7 Å². The fraction of sp³-hybridized carbons (Fsp3) is 0.714. The van der Waals surface area contributed by atoms with Crippen molar-refractivity contribution in [1.29, 1.82) is 0 Å². The van der Waals surface area contributed by atoms with E-state index in [1.807, 2.05) is 0 Å². The van der Waals surface area contributed by atoms with Crippen molar-refractivity contribution in [2.24, 2.45) is 5.73 Å². The van der Waals surface area contributed by atoms with E-state index in [0.717, 1.165) is 23.9 Å². The molecule has 2 unspecified atom stereocenters. The van der Waals surface area contributed by atoms with E-state index in [9.17, 15) is 0 Å². The Bertz CT molecular complexity index is 403. The zero-order valence-electron chi connectivity index (χ0n) is 11.1. The molecule has 1 aromatic heterocycles. The van der Waals surface area contributed by atoms with Crippen LogP contribution in [0.2, 0.25) is 0 Å². The zero-order chi connectivity index (χ0) is 12.5. The number of fused-ring (bicyclic) bond motifs is 1. The molecule has 0 aliphatic carbocycles. The Morgan fingerprint density at radius 2 is 2.33 bits per heavy atom. The van der Waals surface area contributed by atoms with Gasteiger partial charge in [-0.25, -0.2) is 0 Å². The summed E-state index contributed by atoms with van der Waals surface area (Å²) in [5.74, 6) is 1.05. The Kier molecular flexibility index (Phi) is 3.41. The van der Waals surface area contributed by atoms with Gasteiger partial charge in [0.1, 0.15) is 5.76 Å². The van der Waals surface area contributed by atoms with Crippen LogP contribution in [0.1, 0.15) is 31.1 Å². The van der Waals surface area contributed by atoms with Crippen LogP contribution < -0.4 is 5.73 Å². The maximum atomic E-state index is 5.61. The third kappa shape index (κ3) is 2.32. The Labute approximate surface area is 109 Å². The summed E-state index contributed by atoms with van der Waals surface area (Å²) < 4.78 is 5.58. The highest BCUT2D eigenvalue weighted by molar-refractivity contribution is 5.12. The largest absolute Gasteiger partial charge is 0.468 e. The van der Waals surface area contributed by atoms with Crippen LogP contribution in [0.5, 0.6) is 0 Å². The van der Waals surface area contributed by atoms with Gasteiger partial charge in [0, 0.05) is 37.3 Å². The highest BCUT2D eigenvalue weighted by atomic mass is 16.3. The number of hydrogen-bond donors (Lipinski definition) is 1. The summed E-state index contributed by atoms with van der Waals surface area (Å²) in [4.78, 5) is 5.19. The molecule has 2 aliphatic rings. The molecule has 2 atom stereocenters. The van der Waals surface area contributed by atoms with E-state index in [2.05, 4.69) is 22.8 Å². The molecule has 2 fully saturated rings. The van der Waals surface area contributed by atoms with Crippen molar-refractivity contribution in [3.8, 4) is 0 Å². The highest BCUT2D eigenvalue weighted by Crippen LogP contribution is 2.25. The summed E-state index contributed by atoms with van der Waals surface area (Å²) in [7, 11) is 0. The van der Waals surface area contributed by atoms with E-state index in [4.69, 9.17) is 10.2 Å². The minimum Gasteiger partial charge on any atom is -0.468 e. The van der Waals surface area contributed by atoms with Crippen molar-refractivity contribution in [3.05, 3.63) is 23.7 Å². The molecule has 0 amide bonds. The Morgan fingerprint density at radius 1 is 1.44 bits per heavy atom. The lowest BCUT2D eigenvalue weighted by Gasteiger charge is -2.41. The summed E-state index contributed by atoms with van der Waals surface area (Å²) in [5.41, 5.74) is 6.71. The fourth-order valence-corrected chi connectivity index (χ4v) is 3.28. The van der Waals surface area contributed by atoms with Gasteiger partial charge in [0.05, 0.1) is 12.8 Å². The third-order valence-electron chi connectivity index (χ3n) is 4.37. The van der Waals surface area contributed by atoms with E-state index in [1.165, 1.54) is 32.5 Å². The van der Waals surface area contributed by atoms with Gasteiger partial charge in [-0.2, -0.15) is 0 Å². The van der Waals surface area contributed by atoms with Crippen LogP contribution in [0.25, 0.3) is 0 Å². The van der Waals surface area contributed by atoms with Gasteiger partial charge in [-0.15, -0.1) is 0 Å². The topological polar surface area (TPSA) is 45.6 Å². The number of furan rings is 1. The van der Waals surface area contributed by atoms with Gasteiger partial charge in [-0.3, -0.25) is 9.80 Å². The summed E-state index contributed by atoms with van der Waals surface area (Å²) in [6.45, 7) is 7.48. The maximum Gasteiger partial charge on any atom is 0.118 e. The minimum absolute atomic E-state index is 0.565. The van der Waals surface area contributed by atoms with Crippen LogP contribution in [0.4, 0.5) is 0 Å². The first-order valence-electron chi connectivity index (χ1n) is 7.00. The number of hydrogen-bond acceptors (Lipinski definition) is 4. The first kappa shape index (κ1) is 12.2. The molecule has 2 N–H and O–H groups in total. The summed E-state index contributed by atoms with van der Waals surface area (Å²) in [5, 5.41) is 0. The van der Waals surface area contributed by atoms with Gasteiger partial charge < -0.3 is 10.2 Å². The van der Waals surface area contributed by atoms with E-state index in [-0.39, 0.29) is 0 Å². The highest BCUT2D eigenvalue weighted by Gasteiger charge is 2.34. The van der Waals surface area contributed by atoms with Crippen molar-refractivity contribution >= 4 is 0 Å². The summed E-state index contributed by atoms with van der Waals surface area (Å²) >= 11 is 0. The molecule has 1 aromatic rings. The number of nitrogens with zero attached hydrogens (tertiary/aromatic N) is 2. The van der Waals surface area contributed by atoms with Crippen LogP contribution in [0.3, 0.4) is 0 Å². The van der Waals surface area contributed by atoms with Gasteiger partial charge in [-0.1, -0.05) is 0 Å². The monoisotopic (exact) mass is 249 g/mol. The second-order valence-corrected chi connectivity index (χ2v) is 5.69. The predicted octanol–water partition coefficient (Wildman–Crippen LogP) is 1.41. The van der Waals surface area contributed by atoms with Crippen molar-refractivity contribution in [2.45, 2.75) is 44.9 Å². The fourth-order valence-electron chi connectivity index (χ4n) is 3.28. The molecule has 18 heavy (non-hydrogen) atoms. The Morgan fingerprint density at radius 3 is 3.11 bits per heavy atom. The molecule has 3 heterocycles. The summed E-state index contributed by atoms with van der Waals surface area (Å²) in [6, 6.07) is 3.48. The molecule has 4 nitrogen and oxygen atoms in total. The molecule has 0 radical (unpaired) electrons. The van der Waals surface area contributed by atoms with E-state index >= 15 is 0 Å². The van der Waals surface area contributed by atoms with Gasteiger partial charge in [-0.05, 0) is 32.4 Å². The van der Waals surface area contributed by atoms with Crippen LogP contribution in [-0.2, 0) is 13.1 Å². The van der Waals surface area contributed by atoms with Gasteiger partial charge in [0.15, 0.2) is 0 Å². The molecular formula is C14H23N3O. The molecule has 2 saturated heterocycles.